The van der Waals surface area contributed by atoms with Gasteiger partial charge in [0, 0.05) is 25.6 Å². The first-order valence-corrected chi connectivity index (χ1v) is 11.0. The van der Waals surface area contributed by atoms with Crippen molar-refractivity contribution in [2.24, 2.45) is 11.7 Å². The van der Waals surface area contributed by atoms with Gasteiger partial charge in [0.25, 0.3) is 0 Å². The summed E-state index contributed by atoms with van der Waals surface area (Å²) in [5, 5.41) is 3.10. The van der Waals surface area contributed by atoms with Crippen molar-refractivity contribution in [1.29, 1.82) is 0 Å². The largest absolute Gasteiger partial charge is 0.353 e. The van der Waals surface area contributed by atoms with E-state index >= 15 is 0 Å². The summed E-state index contributed by atoms with van der Waals surface area (Å²) >= 11 is 0. The summed E-state index contributed by atoms with van der Waals surface area (Å²) in [4.78, 5) is 12.5. The number of hydrogen-bond acceptors (Lipinski definition) is 4. The van der Waals surface area contributed by atoms with Crippen molar-refractivity contribution < 1.29 is 13.2 Å². The van der Waals surface area contributed by atoms with Crippen molar-refractivity contribution in [1.82, 2.24) is 9.62 Å². The van der Waals surface area contributed by atoms with Gasteiger partial charge in [0.1, 0.15) is 0 Å². The van der Waals surface area contributed by atoms with Gasteiger partial charge in [0.05, 0.1) is 4.90 Å². The molecule has 1 saturated carbocycles. The van der Waals surface area contributed by atoms with E-state index in [1.54, 1.807) is 16.4 Å². The average Bonchev–Trinajstić information content (AvgIpc) is 3.32. The average molecular weight is 380 g/mol. The zero-order chi connectivity index (χ0) is 18.6. The van der Waals surface area contributed by atoms with Gasteiger partial charge < -0.3 is 11.1 Å². The van der Waals surface area contributed by atoms with Crippen molar-refractivity contribution in [2.75, 3.05) is 19.6 Å². The minimum absolute atomic E-state index is 0.0455. The highest BCUT2D eigenvalue weighted by molar-refractivity contribution is 7.89. The summed E-state index contributed by atoms with van der Waals surface area (Å²) in [6, 6.07) is 7.15. The van der Waals surface area contributed by atoms with Gasteiger partial charge in [0.15, 0.2) is 0 Å². The second kappa shape index (κ2) is 8.50. The first kappa shape index (κ1) is 19.3. The molecule has 2 atom stereocenters. The Kier molecular flexibility index (Phi) is 6.32. The molecule has 0 aromatic heterocycles. The molecule has 3 rings (SSSR count). The van der Waals surface area contributed by atoms with Crippen LogP contribution in [-0.4, -0.2) is 44.3 Å². The monoisotopic (exact) mass is 379 g/mol. The summed E-state index contributed by atoms with van der Waals surface area (Å²) < 4.78 is 26.6. The van der Waals surface area contributed by atoms with Crippen LogP contribution in [0.1, 0.15) is 44.1 Å². The molecular weight excluding hydrogens is 350 g/mol. The van der Waals surface area contributed by atoms with Crippen molar-refractivity contribution in [3.05, 3.63) is 29.8 Å². The van der Waals surface area contributed by atoms with Gasteiger partial charge in [-0.15, -0.1) is 0 Å². The normalized spacial score (nSPS) is 24.0. The Labute approximate surface area is 156 Å². The molecule has 26 heavy (non-hydrogen) atoms. The molecule has 1 aromatic rings. The number of hydrogen-bond donors (Lipinski definition) is 2. The molecule has 0 radical (unpaired) electrons. The van der Waals surface area contributed by atoms with Crippen LogP contribution in [-0.2, 0) is 21.2 Å². The van der Waals surface area contributed by atoms with E-state index in [-0.39, 0.29) is 11.9 Å². The molecule has 7 heteroatoms. The topological polar surface area (TPSA) is 92.5 Å². The molecular formula is C19H29N3O3S. The lowest BCUT2D eigenvalue weighted by Gasteiger charge is -2.19. The number of nitrogens with zero attached hydrogens (tertiary/aromatic N) is 1. The molecule has 2 unspecified atom stereocenters. The first-order valence-electron chi connectivity index (χ1n) is 9.59. The molecule has 1 heterocycles. The fourth-order valence-corrected chi connectivity index (χ4v) is 5.47. The molecule has 1 amide bonds. The summed E-state index contributed by atoms with van der Waals surface area (Å²) in [7, 11) is -3.37. The lowest BCUT2D eigenvalue weighted by Crippen LogP contribution is -2.39. The lowest BCUT2D eigenvalue weighted by molar-refractivity contribution is -0.122. The molecule has 3 N–H and O–H groups in total. The number of carbonyl (C=O) groups is 1. The number of benzene rings is 1. The van der Waals surface area contributed by atoms with Crippen LogP contribution in [0.2, 0.25) is 0 Å². The second-order valence-electron chi connectivity index (χ2n) is 7.36. The molecule has 6 nitrogen and oxygen atoms in total. The number of rotatable bonds is 7. The van der Waals surface area contributed by atoms with Gasteiger partial charge >= 0.3 is 0 Å². The third kappa shape index (κ3) is 4.45. The van der Waals surface area contributed by atoms with Crippen LogP contribution in [0.5, 0.6) is 0 Å². The summed E-state index contributed by atoms with van der Waals surface area (Å²) in [5.41, 5.74) is 6.73. The minimum Gasteiger partial charge on any atom is -0.353 e. The highest BCUT2D eigenvalue weighted by Crippen LogP contribution is 2.25. The van der Waals surface area contributed by atoms with E-state index in [1.165, 1.54) is 0 Å². The molecule has 1 aliphatic carbocycles. The van der Waals surface area contributed by atoms with Gasteiger partial charge in [-0.3, -0.25) is 4.79 Å². The predicted molar refractivity (Wildman–Crippen MR) is 101 cm³/mol. The molecule has 1 saturated heterocycles. The number of carbonyl (C=O) groups excluding carboxylic acids is 1. The minimum atomic E-state index is -3.37. The predicted octanol–water partition coefficient (Wildman–Crippen LogP) is 1.65. The Morgan fingerprint density at radius 3 is 2.46 bits per heavy atom. The summed E-state index contributed by atoms with van der Waals surface area (Å²) in [5.74, 6) is 0.443. The Morgan fingerprint density at radius 2 is 1.81 bits per heavy atom. The number of aryl methyl sites for hydroxylation is 1. The first-order chi connectivity index (χ1) is 12.5. The van der Waals surface area contributed by atoms with Gasteiger partial charge in [-0.1, -0.05) is 18.6 Å². The Morgan fingerprint density at radius 1 is 1.12 bits per heavy atom. The molecule has 2 aliphatic rings. The summed E-state index contributed by atoms with van der Waals surface area (Å²) in [6.07, 6.45) is 6.10. The standard InChI is InChI=1S/C19H29N3O3S/c20-14-16-4-3-5-18(16)21-19(23)11-8-15-6-9-17(10-7-15)26(24,25)22-12-1-2-13-22/h6-7,9-10,16,18H,1-5,8,11-14,20H2,(H,21,23). The van der Waals surface area contributed by atoms with Crippen molar-refractivity contribution in [3.8, 4) is 0 Å². The Bertz CT molecular complexity index is 712. The van der Waals surface area contributed by atoms with E-state index in [1.807, 2.05) is 12.1 Å². The third-order valence-electron chi connectivity index (χ3n) is 5.58. The van der Waals surface area contributed by atoms with E-state index in [0.717, 1.165) is 37.7 Å². The number of nitrogens with two attached hydrogens (primary N) is 1. The van der Waals surface area contributed by atoms with E-state index in [4.69, 9.17) is 5.73 Å². The Balaban J connectivity index is 1.52. The van der Waals surface area contributed by atoms with Crippen LogP contribution in [0.15, 0.2) is 29.2 Å². The molecule has 1 aliphatic heterocycles. The maximum atomic E-state index is 12.5. The zero-order valence-electron chi connectivity index (χ0n) is 15.2. The van der Waals surface area contributed by atoms with Crippen molar-refractivity contribution in [3.63, 3.8) is 0 Å². The second-order valence-corrected chi connectivity index (χ2v) is 9.29. The van der Waals surface area contributed by atoms with Crippen LogP contribution in [0.4, 0.5) is 0 Å². The fourth-order valence-electron chi connectivity index (χ4n) is 3.95. The van der Waals surface area contributed by atoms with Crippen LogP contribution >= 0.6 is 0 Å². The fraction of sp³-hybridized carbons (Fsp3) is 0.632. The maximum Gasteiger partial charge on any atom is 0.243 e. The molecule has 144 valence electrons. The van der Waals surface area contributed by atoms with Crippen molar-refractivity contribution >= 4 is 15.9 Å². The van der Waals surface area contributed by atoms with E-state index in [2.05, 4.69) is 5.32 Å². The van der Waals surface area contributed by atoms with Crippen LogP contribution in [0.3, 0.4) is 0 Å². The molecule has 0 spiro atoms. The number of amides is 1. The number of sulfonamides is 1. The highest BCUT2D eigenvalue weighted by Gasteiger charge is 2.28. The smallest absolute Gasteiger partial charge is 0.243 e. The maximum absolute atomic E-state index is 12.5. The van der Waals surface area contributed by atoms with Gasteiger partial charge in [-0.05, 0) is 62.3 Å². The molecule has 0 bridgehead atoms. The van der Waals surface area contributed by atoms with Crippen LogP contribution in [0, 0.1) is 5.92 Å². The van der Waals surface area contributed by atoms with Crippen LogP contribution < -0.4 is 11.1 Å². The zero-order valence-corrected chi connectivity index (χ0v) is 16.0. The van der Waals surface area contributed by atoms with Crippen LogP contribution in [0.25, 0.3) is 0 Å². The quantitative estimate of drug-likeness (QED) is 0.753. The lowest BCUT2D eigenvalue weighted by atomic mass is 10.0. The molecule has 2 fully saturated rings. The number of nitrogens with one attached hydrogen (secondary N) is 1. The van der Waals surface area contributed by atoms with Crippen molar-refractivity contribution in [2.45, 2.75) is 55.9 Å². The van der Waals surface area contributed by atoms with Gasteiger partial charge in [0.2, 0.25) is 15.9 Å². The SMILES string of the molecule is NCC1CCCC1NC(=O)CCc1ccc(S(=O)(=O)N2CCCC2)cc1. The third-order valence-corrected chi connectivity index (χ3v) is 7.49. The van der Waals surface area contributed by atoms with E-state index in [0.29, 0.717) is 43.3 Å². The van der Waals surface area contributed by atoms with Gasteiger partial charge in [-0.2, -0.15) is 4.31 Å². The Hall–Kier alpha value is -1.44. The molecule has 1 aromatic carbocycles. The van der Waals surface area contributed by atoms with E-state index in [9.17, 15) is 13.2 Å². The van der Waals surface area contributed by atoms with E-state index < -0.39 is 10.0 Å². The summed E-state index contributed by atoms with van der Waals surface area (Å²) in [6.45, 7) is 1.84. The highest BCUT2D eigenvalue weighted by atomic mass is 32.2. The van der Waals surface area contributed by atoms with Gasteiger partial charge in [-0.25, -0.2) is 8.42 Å².